The maximum Gasteiger partial charge on any atom is 0.118 e. The molecular formula is C50H54N2O6S4. The van der Waals surface area contributed by atoms with Gasteiger partial charge >= 0.3 is 0 Å². The van der Waals surface area contributed by atoms with E-state index in [1.807, 2.05) is 24.3 Å². The zero-order valence-corrected chi connectivity index (χ0v) is 38.6. The first-order chi connectivity index (χ1) is 30.6. The van der Waals surface area contributed by atoms with Crippen LogP contribution in [0.2, 0.25) is 0 Å². The molecule has 6 aromatic carbocycles. The van der Waals surface area contributed by atoms with Gasteiger partial charge in [0.2, 0.25) is 0 Å². The summed E-state index contributed by atoms with van der Waals surface area (Å²) in [6.07, 6.45) is 0. The molecule has 0 atom stereocenters. The molecule has 0 aromatic heterocycles. The predicted octanol–water partition coefficient (Wildman–Crippen LogP) is 11.7. The third-order valence-electron chi connectivity index (χ3n) is 9.86. The first kappa shape index (κ1) is 45.8. The third-order valence-corrected chi connectivity index (χ3v) is 14.4. The molecule has 7 rings (SSSR count). The van der Waals surface area contributed by atoms with Gasteiger partial charge in [-0.25, -0.2) is 0 Å². The molecule has 1 fully saturated rings. The Morgan fingerprint density at radius 2 is 0.677 bits per heavy atom. The highest BCUT2D eigenvalue weighted by Crippen LogP contribution is 2.41. The summed E-state index contributed by atoms with van der Waals surface area (Å²) in [6.45, 7) is 7.45. The predicted molar refractivity (Wildman–Crippen MR) is 256 cm³/mol. The summed E-state index contributed by atoms with van der Waals surface area (Å²) in [5.74, 6) is 1.71. The van der Waals surface area contributed by atoms with E-state index in [1.54, 1.807) is 61.3 Å². The Bertz CT molecular complexity index is 2070. The first-order valence-electron chi connectivity index (χ1n) is 20.8. The normalized spacial score (nSPS) is 15.1. The van der Waals surface area contributed by atoms with Crippen molar-refractivity contribution in [3.63, 3.8) is 0 Å². The van der Waals surface area contributed by atoms with Crippen molar-refractivity contribution in [1.82, 2.24) is 0 Å². The molecule has 0 unspecified atom stereocenters. The van der Waals surface area contributed by atoms with Crippen LogP contribution in [0.5, 0.6) is 11.5 Å². The maximum atomic E-state index is 6.12. The Hall–Kier alpha value is -4.24. The van der Waals surface area contributed by atoms with Crippen molar-refractivity contribution in [3.05, 3.63) is 146 Å². The summed E-state index contributed by atoms with van der Waals surface area (Å²) >= 11 is 7.08. The van der Waals surface area contributed by atoms with E-state index in [2.05, 4.69) is 131 Å². The summed E-state index contributed by atoms with van der Waals surface area (Å²) in [6, 6.07) is 51.0. The second kappa shape index (κ2) is 25.2. The molecular weight excluding hydrogens is 853 g/mol. The van der Waals surface area contributed by atoms with Crippen LogP contribution in [0.15, 0.2) is 185 Å². The molecule has 6 aromatic rings. The molecule has 0 bridgehead atoms. The highest BCUT2D eigenvalue weighted by Gasteiger charge is 2.14. The third kappa shape index (κ3) is 14.4. The smallest absolute Gasteiger partial charge is 0.118 e. The molecule has 62 heavy (non-hydrogen) atoms. The van der Waals surface area contributed by atoms with Crippen LogP contribution in [-0.4, -0.2) is 93.3 Å². The summed E-state index contributed by atoms with van der Waals surface area (Å²) in [5, 5.41) is 0. The molecule has 0 aliphatic carbocycles. The minimum absolute atomic E-state index is 0.534. The lowest BCUT2D eigenvalue weighted by Crippen LogP contribution is -2.33. The van der Waals surface area contributed by atoms with Gasteiger partial charge in [0.25, 0.3) is 0 Å². The van der Waals surface area contributed by atoms with Crippen molar-refractivity contribution in [2.24, 2.45) is 0 Å². The highest BCUT2D eigenvalue weighted by atomic mass is 32.2. The van der Waals surface area contributed by atoms with E-state index in [0.717, 1.165) is 49.1 Å². The molecule has 8 nitrogen and oxygen atoms in total. The fourth-order valence-electron chi connectivity index (χ4n) is 6.60. The van der Waals surface area contributed by atoms with Gasteiger partial charge in [-0.2, -0.15) is 0 Å². The second-order valence-corrected chi connectivity index (χ2v) is 18.5. The number of nitrogens with zero attached hydrogens (tertiary/aromatic N) is 2. The number of rotatable bonds is 12. The van der Waals surface area contributed by atoms with Gasteiger partial charge in [-0.3, -0.25) is 0 Å². The SMILES string of the molecule is COc1ccc(Sc2ccccc2Sc2cccc(N3CCOCCOCCN(c4cccc(Sc5ccccc5Sc5ccc(OC)cc5)c4)CCOCCOCC3)c2)cc1. The van der Waals surface area contributed by atoms with Gasteiger partial charge in [0, 0.05) is 76.7 Å². The lowest BCUT2D eigenvalue weighted by atomic mass is 10.3. The fourth-order valence-corrected chi connectivity index (χ4v) is 10.6. The van der Waals surface area contributed by atoms with Gasteiger partial charge in [-0.05, 0) is 109 Å². The average Bonchev–Trinajstić information content (AvgIpc) is 3.31. The lowest BCUT2D eigenvalue weighted by Gasteiger charge is -2.26. The first-order valence-corrected chi connectivity index (χ1v) is 24.1. The molecule has 0 saturated carbocycles. The van der Waals surface area contributed by atoms with Gasteiger partial charge in [0.05, 0.1) is 67.1 Å². The Morgan fingerprint density at radius 3 is 1.00 bits per heavy atom. The summed E-state index contributed by atoms with van der Waals surface area (Å²) in [5.41, 5.74) is 2.28. The number of anilines is 2. The molecule has 12 heteroatoms. The summed E-state index contributed by atoms with van der Waals surface area (Å²) < 4.78 is 35.2. The molecule has 0 spiro atoms. The van der Waals surface area contributed by atoms with Crippen molar-refractivity contribution in [1.29, 1.82) is 0 Å². The number of ether oxygens (including phenoxy) is 6. The largest absolute Gasteiger partial charge is 0.497 e. The standard InChI is InChI=1S/C50H54N2O6S4/c1-53-41-17-21-43(22-18-41)59-47-13-3-5-15-49(47)61-45-11-7-9-39(37-45)51-25-29-55-33-35-57-31-27-52(28-32-58-36-34-56-30-26-51)40-10-8-12-46(38-40)62-50-16-6-4-14-48(50)60-44-23-19-42(54-2)20-24-44/h3-24,37-38H,25-36H2,1-2H3. The molecule has 1 aliphatic heterocycles. The van der Waals surface area contributed by atoms with Crippen molar-refractivity contribution in [2.75, 3.05) is 103 Å². The van der Waals surface area contributed by atoms with E-state index < -0.39 is 0 Å². The molecule has 0 radical (unpaired) electrons. The number of methoxy groups -OCH3 is 2. The summed E-state index contributed by atoms with van der Waals surface area (Å²) in [4.78, 5) is 14.2. The van der Waals surface area contributed by atoms with Crippen molar-refractivity contribution >= 4 is 58.4 Å². The monoisotopic (exact) mass is 906 g/mol. The van der Waals surface area contributed by atoms with E-state index in [4.69, 9.17) is 28.4 Å². The molecule has 0 amide bonds. The van der Waals surface area contributed by atoms with E-state index >= 15 is 0 Å². The highest BCUT2D eigenvalue weighted by molar-refractivity contribution is 8.02. The van der Waals surface area contributed by atoms with Gasteiger partial charge in [-0.1, -0.05) is 83.4 Å². The topological polar surface area (TPSA) is 61.9 Å². The zero-order valence-electron chi connectivity index (χ0n) is 35.3. The van der Waals surface area contributed by atoms with Crippen molar-refractivity contribution in [2.45, 2.75) is 39.2 Å². The Balaban J connectivity index is 0.919. The van der Waals surface area contributed by atoms with Gasteiger partial charge in [0.15, 0.2) is 0 Å². The van der Waals surface area contributed by atoms with Crippen LogP contribution in [0.4, 0.5) is 11.4 Å². The number of hydrogen-bond donors (Lipinski definition) is 0. The van der Waals surface area contributed by atoms with Crippen LogP contribution < -0.4 is 19.3 Å². The van der Waals surface area contributed by atoms with E-state index in [-0.39, 0.29) is 0 Å². The molecule has 324 valence electrons. The van der Waals surface area contributed by atoms with Crippen LogP contribution in [0.1, 0.15) is 0 Å². The lowest BCUT2D eigenvalue weighted by molar-refractivity contribution is 0.0436. The fraction of sp³-hybridized carbons (Fsp3) is 0.280. The quantitative estimate of drug-likeness (QED) is 0.117. The molecule has 1 aliphatic rings. The van der Waals surface area contributed by atoms with E-state index in [0.29, 0.717) is 52.9 Å². The second-order valence-electron chi connectivity index (χ2n) is 14.1. The van der Waals surface area contributed by atoms with Crippen LogP contribution in [0.3, 0.4) is 0 Å². The maximum absolute atomic E-state index is 6.12. The van der Waals surface area contributed by atoms with Crippen LogP contribution in [0.25, 0.3) is 0 Å². The van der Waals surface area contributed by atoms with Crippen LogP contribution >= 0.6 is 47.0 Å². The van der Waals surface area contributed by atoms with Gasteiger partial charge in [-0.15, -0.1) is 0 Å². The van der Waals surface area contributed by atoms with Gasteiger partial charge in [0.1, 0.15) is 11.5 Å². The Kier molecular flexibility index (Phi) is 18.6. The Labute approximate surface area is 384 Å². The Morgan fingerprint density at radius 1 is 0.355 bits per heavy atom. The van der Waals surface area contributed by atoms with Crippen LogP contribution in [0, 0.1) is 0 Å². The molecule has 0 N–H and O–H groups in total. The number of benzene rings is 6. The molecule has 1 heterocycles. The van der Waals surface area contributed by atoms with Crippen LogP contribution in [-0.2, 0) is 18.9 Å². The van der Waals surface area contributed by atoms with Crippen molar-refractivity contribution < 1.29 is 28.4 Å². The van der Waals surface area contributed by atoms with Crippen molar-refractivity contribution in [3.8, 4) is 11.5 Å². The van der Waals surface area contributed by atoms with Gasteiger partial charge < -0.3 is 38.2 Å². The summed E-state index contributed by atoms with van der Waals surface area (Å²) in [7, 11) is 3.39. The minimum atomic E-state index is 0.534. The molecule has 1 saturated heterocycles. The zero-order chi connectivity index (χ0) is 42.6. The van der Waals surface area contributed by atoms with E-state index in [9.17, 15) is 0 Å². The minimum Gasteiger partial charge on any atom is -0.497 e. The van der Waals surface area contributed by atoms with E-state index in [1.165, 1.54) is 39.2 Å². The average molecular weight is 907 g/mol. The number of hydrogen-bond acceptors (Lipinski definition) is 12.